The molecule has 57 heavy (non-hydrogen) atoms. The van der Waals surface area contributed by atoms with Gasteiger partial charge in [0, 0.05) is 29.3 Å². The highest BCUT2D eigenvalue weighted by atomic mass is 35.5. The number of phenolic OH excluding ortho intramolecular Hbond substituents is 1. The van der Waals surface area contributed by atoms with E-state index in [2.05, 4.69) is 10.4 Å². The Morgan fingerprint density at radius 3 is 2.39 bits per heavy atom. The number of imide groups is 2. The van der Waals surface area contributed by atoms with Gasteiger partial charge in [-0.2, -0.15) is 18.2 Å². The number of nitrogens with zero attached hydrogens (tertiary/aromatic N) is 4. The molecule has 3 fully saturated rings. The first-order valence-corrected chi connectivity index (χ1v) is 18.2. The van der Waals surface area contributed by atoms with E-state index >= 15 is 4.79 Å². The Morgan fingerprint density at radius 1 is 0.982 bits per heavy atom. The number of hydrazine groups is 1. The number of carbonyl (C=O) groups excluding carboxylic acids is 4. The number of allylic oxidation sites excluding steroid dienone is 2. The number of fused-ring (bicyclic) bond motifs is 4. The van der Waals surface area contributed by atoms with Crippen LogP contribution < -0.4 is 15.1 Å². The quantitative estimate of drug-likeness (QED) is 0.0839. The molecule has 6 unspecified atom stereocenters. The summed E-state index contributed by atoms with van der Waals surface area (Å²) < 4.78 is 45.9. The van der Waals surface area contributed by atoms with E-state index in [4.69, 9.17) is 27.9 Å². The van der Waals surface area contributed by atoms with Gasteiger partial charge < -0.3 is 9.84 Å². The summed E-state index contributed by atoms with van der Waals surface area (Å²) in [5.74, 6) is -8.68. The van der Waals surface area contributed by atoms with Gasteiger partial charge in [-0.1, -0.05) is 59.1 Å². The van der Waals surface area contributed by atoms with Gasteiger partial charge in [0.1, 0.15) is 0 Å². The van der Waals surface area contributed by atoms with E-state index in [9.17, 15) is 42.8 Å². The van der Waals surface area contributed by atoms with Gasteiger partial charge in [-0.05, 0) is 66.3 Å². The summed E-state index contributed by atoms with van der Waals surface area (Å²) in [5, 5.41) is 22.7. The first-order valence-electron chi connectivity index (χ1n) is 17.4. The normalized spacial score (nSPS) is 25.5. The van der Waals surface area contributed by atoms with Crippen LogP contribution in [0, 0.1) is 33.8 Å². The van der Waals surface area contributed by atoms with Crippen LogP contribution in [0.2, 0.25) is 10.0 Å². The van der Waals surface area contributed by atoms with Crippen molar-refractivity contribution in [3.05, 3.63) is 127 Å². The van der Waals surface area contributed by atoms with Crippen LogP contribution in [-0.4, -0.2) is 50.8 Å². The number of aromatic hydroxyl groups is 1. The number of carbonyl (C=O) groups is 4. The molecule has 3 aromatic carbocycles. The predicted octanol–water partition coefficient (Wildman–Crippen LogP) is 7.22. The number of amides is 4. The molecule has 1 aromatic heterocycles. The van der Waals surface area contributed by atoms with E-state index in [1.165, 1.54) is 49.6 Å². The van der Waals surface area contributed by atoms with Gasteiger partial charge in [0.05, 0.1) is 51.5 Å². The van der Waals surface area contributed by atoms with Gasteiger partial charge in [-0.3, -0.25) is 34.7 Å². The lowest BCUT2D eigenvalue weighted by Gasteiger charge is -2.50. The highest BCUT2D eigenvalue weighted by Gasteiger charge is 2.70. The van der Waals surface area contributed by atoms with Crippen molar-refractivity contribution in [2.45, 2.75) is 30.4 Å². The zero-order valence-electron chi connectivity index (χ0n) is 29.4. The molecule has 0 spiro atoms. The summed E-state index contributed by atoms with van der Waals surface area (Å²) in [4.78, 5) is 74.4. The number of nitro benzene ring substituents is 1. The smallest absolute Gasteiger partial charge is 0.417 e. The average Bonchev–Trinajstić information content (AvgIpc) is 3.56. The molecular formula is C39H28Cl2F3N5O8. The van der Waals surface area contributed by atoms with E-state index in [0.717, 1.165) is 11.0 Å². The van der Waals surface area contributed by atoms with Crippen LogP contribution >= 0.6 is 23.2 Å². The molecular weight excluding hydrogens is 794 g/mol. The van der Waals surface area contributed by atoms with Gasteiger partial charge in [0.25, 0.3) is 17.5 Å². The highest BCUT2D eigenvalue weighted by molar-refractivity contribution is 6.33. The maximum Gasteiger partial charge on any atom is 0.417 e. The zero-order valence-corrected chi connectivity index (χ0v) is 30.9. The summed E-state index contributed by atoms with van der Waals surface area (Å²) in [7, 11) is 1.33. The van der Waals surface area contributed by atoms with Crippen LogP contribution in [0.1, 0.15) is 35.4 Å². The first-order chi connectivity index (χ1) is 27.1. The number of anilines is 2. The second-order valence-electron chi connectivity index (χ2n) is 14.1. The summed E-state index contributed by atoms with van der Waals surface area (Å²) in [6.45, 7) is 0. The minimum atomic E-state index is -4.79. The number of nitrogens with one attached hydrogen (secondary N) is 1. The van der Waals surface area contributed by atoms with Gasteiger partial charge in [-0.25, -0.2) is 9.88 Å². The van der Waals surface area contributed by atoms with Gasteiger partial charge in [0.15, 0.2) is 17.3 Å². The van der Waals surface area contributed by atoms with Crippen molar-refractivity contribution in [2.24, 2.45) is 23.7 Å². The fraction of sp³-hybridized carbons (Fsp3) is 0.256. The topological polar surface area (TPSA) is 172 Å². The largest absolute Gasteiger partial charge is 0.504 e. The van der Waals surface area contributed by atoms with E-state index in [-0.39, 0.29) is 35.7 Å². The maximum absolute atomic E-state index is 15.3. The number of nitro groups is 1. The molecule has 3 heterocycles. The number of non-ortho nitro benzene ring substituents is 1. The number of alkyl halides is 3. The Labute approximate surface area is 330 Å². The van der Waals surface area contributed by atoms with Crippen LogP contribution in [0.5, 0.6) is 11.5 Å². The number of methoxy groups -OCH3 is 1. The van der Waals surface area contributed by atoms with Crippen molar-refractivity contribution < 1.29 is 47.1 Å². The van der Waals surface area contributed by atoms with Crippen molar-refractivity contribution in [1.29, 1.82) is 0 Å². The molecule has 4 amide bonds. The van der Waals surface area contributed by atoms with Gasteiger partial charge >= 0.3 is 6.18 Å². The van der Waals surface area contributed by atoms with E-state index in [0.29, 0.717) is 39.0 Å². The van der Waals surface area contributed by atoms with Crippen LogP contribution in [0.15, 0.2) is 90.6 Å². The molecule has 6 atom stereocenters. The third-order valence-corrected chi connectivity index (χ3v) is 11.9. The molecule has 2 aliphatic carbocycles. The molecule has 4 aromatic rings. The molecule has 0 bridgehead atoms. The van der Waals surface area contributed by atoms with Crippen molar-refractivity contribution >= 4 is 64.0 Å². The molecule has 18 heteroatoms. The maximum atomic E-state index is 15.3. The third-order valence-electron chi connectivity index (χ3n) is 11.4. The summed E-state index contributed by atoms with van der Waals surface area (Å²) in [6, 6.07) is 16.4. The number of benzene rings is 3. The number of pyridine rings is 1. The zero-order chi connectivity index (χ0) is 40.7. The number of ether oxygens (including phenoxy) is 1. The lowest BCUT2D eigenvalue weighted by molar-refractivity contribution is -0.384. The monoisotopic (exact) mass is 821 g/mol. The van der Waals surface area contributed by atoms with Gasteiger partial charge in [-0.15, -0.1) is 0 Å². The molecule has 4 aliphatic rings. The van der Waals surface area contributed by atoms with E-state index < -0.39 is 86.1 Å². The summed E-state index contributed by atoms with van der Waals surface area (Å²) >= 11 is 12.6. The van der Waals surface area contributed by atoms with Crippen molar-refractivity contribution in [1.82, 2.24) is 9.99 Å². The highest BCUT2D eigenvalue weighted by Crippen LogP contribution is 2.64. The minimum absolute atomic E-state index is 0.00436. The molecule has 2 N–H and O–H groups in total. The fourth-order valence-electron chi connectivity index (χ4n) is 9.03. The molecule has 13 nitrogen and oxygen atoms in total. The lowest BCUT2D eigenvalue weighted by atomic mass is 9.49. The SMILES string of the molecule is COc1cc(C2C3=CCC4C(=O)N(c5cccc([N+](=O)[O-])c5)C(=O)C4C3CC3C(=O)N(Nc4ncc(C(F)(F)F)cc4Cl)C(=O)C32c2ccc(Cl)cc2)ccc1O. The first kappa shape index (κ1) is 37.9. The predicted molar refractivity (Wildman–Crippen MR) is 197 cm³/mol. The summed E-state index contributed by atoms with van der Waals surface area (Å²) in [6.07, 6.45) is -2.63. The van der Waals surface area contributed by atoms with Crippen molar-refractivity contribution in [3.63, 3.8) is 0 Å². The fourth-order valence-corrected chi connectivity index (χ4v) is 9.37. The van der Waals surface area contributed by atoms with E-state index in [1.54, 1.807) is 24.3 Å². The van der Waals surface area contributed by atoms with Crippen LogP contribution in [-0.2, 0) is 30.8 Å². The Hall–Kier alpha value is -6.00. The third kappa shape index (κ3) is 5.79. The van der Waals surface area contributed by atoms with Gasteiger partial charge in [0.2, 0.25) is 11.8 Å². The number of halogens is 5. The number of hydrogen-bond donors (Lipinski definition) is 2. The number of aromatic nitrogens is 1. The second kappa shape index (κ2) is 13.6. The number of rotatable bonds is 7. The molecule has 0 radical (unpaired) electrons. The molecule has 8 rings (SSSR count). The Morgan fingerprint density at radius 2 is 1.72 bits per heavy atom. The Bertz CT molecular complexity index is 2450. The Kier molecular flexibility index (Phi) is 9.03. The van der Waals surface area contributed by atoms with Crippen LogP contribution in [0.25, 0.3) is 0 Å². The van der Waals surface area contributed by atoms with Crippen molar-refractivity contribution in [3.8, 4) is 11.5 Å². The number of phenols is 1. The van der Waals surface area contributed by atoms with Crippen molar-refractivity contribution in [2.75, 3.05) is 17.4 Å². The minimum Gasteiger partial charge on any atom is -0.504 e. The van der Waals surface area contributed by atoms with Crippen LogP contribution in [0.3, 0.4) is 0 Å². The molecule has 2 saturated heterocycles. The summed E-state index contributed by atoms with van der Waals surface area (Å²) in [5.41, 5.74) is 0.506. The Balaban J connectivity index is 1.31. The average molecular weight is 823 g/mol. The second-order valence-corrected chi connectivity index (χ2v) is 15.0. The van der Waals surface area contributed by atoms with Crippen LogP contribution in [0.4, 0.5) is 30.4 Å². The van der Waals surface area contributed by atoms with E-state index in [1.807, 2.05) is 0 Å². The molecule has 1 saturated carbocycles. The standard InChI is InChI=1S/C39H28Cl2F3N5O8/c1-57-30-13-18(5-12-29(30)50)32-24-10-11-25-31(36(53)47(34(25)51)22-3-2-4-23(15-22)49(55)56)26(24)16-27-35(52)48(37(54)38(27,32)19-6-8-21(40)9-7-19)46-33-28(41)14-20(17-45-33)39(42,43)44/h2-10,12-15,17,25-27,31-32,50H,11,16H2,1H3,(H,45,46). The molecule has 292 valence electrons. The number of hydrogen-bond acceptors (Lipinski definition) is 10. The lowest BCUT2D eigenvalue weighted by Crippen LogP contribution is -2.53. The molecule has 2 aliphatic heterocycles.